The molecule has 7 nitrogen and oxygen atoms in total. The lowest BCUT2D eigenvalue weighted by Gasteiger charge is -2.25. The molecule has 170 valence electrons. The van der Waals surface area contributed by atoms with Crippen molar-refractivity contribution in [2.45, 2.75) is 30.8 Å². The van der Waals surface area contributed by atoms with Gasteiger partial charge in [-0.25, -0.2) is 8.42 Å². The van der Waals surface area contributed by atoms with Crippen LogP contribution in [0.5, 0.6) is 0 Å². The highest BCUT2D eigenvalue weighted by Gasteiger charge is 2.29. The maximum Gasteiger partial charge on any atom is 0.244 e. The Balaban J connectivity index is 1.60. The quantitative estimate of drug-likeness (QED) is 0.664. The molecule has 0 unspecified atom stereocenters. The van der Waals surface area contributed by atoms with E-state index in [-0.39, 0.29) is 20.8 Å². The first-order valence-corrected chi connectivity index (χ1v) is 12.4. The Morgan fingerprint density at radius 1 is 1.09 bits per heavy atom. The van der Waals surface area contributed by atoms with E-state index in [1.807, 2.05) is 12.1 Å². The minimum Gasteiger partial charge on any atom is -0.340 e. The number of carbonyl (C=O) groups is 1. The average molecular weight is 495 g/mol. The molecule has 1 atom stereocenters. The van der Waals surface area contributed by atoms with Crippen LogP contribution in [0.2, 0.25) is 10.0 Å². The first kappa shape index (κ1) is 24.5. The molecule has 0 spiro atoms. The van der Waals surface area contributed by atoms with E-state index in [4.69, 9.17) is 28.5 Å². The van der Waals surface area contributed by atoms with Gasteiger partial charge in [-0.05, 0) is 43.2 Å². The third-order valence-electron chi connectivity index (χ3n) is 5.28. The van der Waals surface area contributed by atoms with Gasteiger partial charge in [-0.15, -0.1) is 0 Å². The van der Waals surface area contributed by atoms with Crippen molar-refractivity contribution in [3.05, 3.63) is 63.6 Å². The first-order chi connectivity index (χ1) is 15.2. The molecule has 1 N–H and O–H groups in total. The molecule has 10 heteroatoms. The Labute approximate surface area is 198 Å². The summed E-state index contributed by atoms with van der Waals surface area (Å²) in [6, 6.07) is 13.0. The SMILES string of the molecule is C[C@H](NS(=O)(=O)c1c(Cl)cccc1Cl)C(=O)N1CCCN(Cc2ccc(C#N)cc2)CC1. The van der Waals surface area contributed by atoms with Gasteiger partial charge < -0.3 is 4.90 Å². The van der Waals surface area contributed by atoms with E-state index in [1.54, 1.807) is 23.1 Å². The fraction of sp³-hybridized carbons (Fsp3) is 0.364. The van der Waals surface area contributed by atoms with Crippen LogP contribution in [0.4, 0.5) is 0 Å². The van der Waals surface area contributed by atoms with Crippen LogP contribution in [0.25, 0.3) is 0 Å². The molecule has 1 fully saturated rings. The van der Waals surface area contributed by atoms with Gasteiger partial charge in [0.25, 0.3) is 0 Å². The highest BCUT2D eigenvalue weighted by molar-refractivity contribution is 7.89. The van der Waals surface area contributed by atoms with Crippen LogP contribution in [-0.2, 0) is 21.4 Å². The zero-order valence-corrected chi connectivity index (χ0v) is 19.9. The van der Waals surface area contributed by atoms with Crippen molar-refractivity contribution in [1.29, 1.82) is 5.26 Å². The van der Waals surface area contributed by atoms with E-state index in [0.29, 0.717) is 25.2 Å². The van der Waals surface area contributed by atoms with Gasteiger partial charge >= 0.3 is 0 Å². The lowest BCUT2D eigenvalue weighted by atomic mass is 10.1. The summed E-state index contributed by atoms with van der Waals surface area (Å²) < 4.78 is 27.9. The maximum absolute atomic E-state index is 12.9. The van der Waals surface area contributed by atoms with E-state index >= 15 is 0 Å². The van der Waals surface area contributed by atoms with Crippen molar-refractivity contribution < 1.29 is 13.2 Å². The Bertz CT molecular complexity index is 1100. The summed E-state index contributed by atoms with van der Waals surface area (Å²) in [4.78, 5) is 16.6. The van der Waals surface area contributed by atoms with Gasteiger partial charge in [0.1, 0.15) is 4.90 Å². The van der Waals surface area contributed by atoms with Gasteiger partial charge in [-0.3, -0.25) is 9.69 Å². The molecule has 1 heterocycles. The molecule has 1 amide bonds. The molecule has 0 aromatic heterocycles. The molecule has 1 aliphatic heterocycles. The van der Waals surface area contributed by atoms with Crippen LogP contribution in [0, 0.1) is 11.3 Å². The lowest BCUT2D eigenvalue weighted by molar-refractivity contribution is -0.132. The molecule has 1 aliphatic rings. The number of nitrogens with one attached hydrogen (secondary N) is 1. The van der Waals surface area contributed by atoms with Gasteiger partial charge in [0.2, 0.25) is 15.9 Å². The Morgan fingerprint density at radius 3 is 2.38 bits per heavy atom. The zero-order chi connectivity index (χ0) is 23.3. The molecular formula is C22H24Cl2N4O3S. The van der Waals surface area contributed by atoms with E-state index in [0.717, 1.165) is 25.1 Å². The van der Waals surface area contributed by atoms with Crippen molar-refractivity contribution >= 4 is 39.1 Å². The van der Waals surface area contributed by atoms with Gasteiger partial charge in [-0.1, -0.05) is 41.4 Å². The number of amides is 1. The number of sulfonamides is 1. The number of nitrogens with zero attached hydrogens (tertiary/aromatic N) is 3. The highest BCUT2D eigenvalue weighted by atomic mass is 35.5. The normalized spacial score (nSPS) is 16.2. The van der Waals surface area contributed by atoms with E-state index < -0.39 is 16.1 Å². The van der Waals surface area contributed by atoms with Crippen molar-refractivity contribution in [3.63, 3.8) is 0 Å². The minimum atomic E-state index is -4.07. The molecule has 1 saturated heterocycles. The van der Waals surface area contributed by atoms with Crippen molar-refractivity contribution in [2.75, 3.05) is 26.2 Å². The summed E-state index contributed by atoms with van der Waals surface area (Å²) in [5, 5.41) is 8.92. The zero-order valence-electron chi connectivity index (χ0n) is 17.6. The standard InChI is InChI=1S/C22H24Cl2N4O3S/c1-16(26-32(30,31)21-19(23)4-2-5-20(21)24)22(29)28-11-3-10-27(12-13-28)15-18-8-6-17(14-25)7-9-18/h2,4-9,16,26H,3,10-13,15H2,1H3/t16-/m0/s1. The molecule has 2 aromatic rings. The van der Waals surface area contributed by atoms with Gasteiger partial charge in [-0.2, -0.15) is 9.98 Å². The first-order valence-electron chi connectivity index (χ1n) is 10.2. The van der Waals surface area contributed by atoms with Crippen LogP contribution in [0.1, 0.15) is 24.5 Å². The highest BCUT2D eigenvalue weighted by Crippen LogP contribution is 2.29. The molecule has 3 rings (SSSR count). The largest absolute Gasteiger partial charge is 0.340 e. The Morgan fingerprint density at radius 2 is 1.75 bits per heavy atom. The second-order valence-corrected chi connectivity index (χ2v) is 10.1. The fourth-order valence-electron chi connectivity index (χ4n) is 3.65. The molecular weight excluding hydrogens is 471 g/mol. The summed E-state index contributed by atoms with van der Waals surface area (Å²) in [5.41, 5.74) is 1.72. The second kappa shape index (κ2) is 10.6. The van der Waals surface area contributed by atoms with Gasteiger partial charge in [0.15, 0.2) is 0 Å². The van der Waals surface area contributed by atoms with Crippen LogP contribution >= 0.6 is 23.2 Å². The van der Waals surface area contributed by atoms with E-state index in [1.165, 1.54) is 19.1 Å². The van der Waals surface area contributed by atoms with Gasteiger partial charge in [0, 0.05) is 32.7 Å². The summed E-state index contributed by atoms with van der Waals surface area (Å²) >= 11 is 12.1. The number of hydrogen-bond acceptors (Lipinski definition) is 5. The maximum atomic E-state index is 12.9. The summed E-state index contributed by atoms with van der Waals surface area (Å²) in [7, 11) is -4.07. The van der Waals surface area contributed by atoms with Crippen molar-refractivity contribution in [2.24, 2.45) is 0 Å². The molecule has 2 aromatic carbocycles. The van der Waals surface area contributed by atoms with E-state index in [9.17, 15) is 13.2 Å². The third-order valence-corrected chi connectivity index (χ3v) is 7.77. The van der Waals surface area contributed by atoms with Crippen LogP contribution < -0.4 is 4.72 Å². The summed E-state index contributed by atoms with van der Waals surface area (Å²) in [6.45, 7) is 4.77. The Kier molecular flexibility index (Phi) is 8.15. The number of hydrogen-bond donors (Lipinski definition) is 1. The predicted octanol–water partition coefficient (Wildman–Crippen LogP) is 3.27. The smallest absolute Gasteiger partial charge is 0.244 e. The molecule has 32 heavy (non-hydrogen) atoms. The van der Waals surface area contributed by atoms with Crippen molar-refractivity contribution in [3.8, 4) is 6.07 Å². The summed E-state index contributed by atoms with van der Waals surface area (Å²) in [5.74, 6) is -0.294. The molecule has 0 aliphatic carbocycles. The van der Waals surface area contributed by atoms with Gasteiger partial charge in [0.05, 0.1) is 27.7 Å². The topological polar surface area (TPSA) is 93.5 Å². The van der Waals surface area contributed by atoms with Crippen LogP contribution in [0.15, 0.2) is 47.4 Å². The van der Waals surface area contributed by atoms with E-state index in [2.05, 4.69) is 15.7 Å². The van der Waals surface area contributed by atoms with Crippen LogP contribution in [-0.4, -0.2) is 56.3 Å². The molecule has 0 bridgehead atoms. The summed E-state index contributed by atoms with van der Waals surface area (Å²) in [6.07, 6.45) is 0.776. The number of carbonyl (C=O) groups excluding carboxylic acids is 1. The number of halogens is 2. The number of nitriles is 1. The second-order valence-electron chi connectivity index (χ2n) is 7.66. The monoisotopic (exact) mass is 494 g/mol. The molecule has 0 radical (unpaired) electrons. The fourth-order valence-corrected chi connectivity index (χ4v) is 5.99. The molecule has 0 saturated carbocycles. The van der Waals surface area contributed by atoms with Crippen molar-refractivity contribution in [1.82, 2.24) is 14.5 Å². The number of rotatable bonds is 6. The predicted molar refractivity (Wildman–Crippen MR) is 124 cm³/mol. The number of benzene rings is 2. The van der Waals surface area contributed by atoms with Crippen LogP contribution in [0.3, 0.4) is 0 Å². The lowest BCUT2D eigenvalue weighted by Crippen LogP contribution is -2.48. The Hall–Kier alpha value is -2.15. The minimum absolute atomic E-state index is 0.00198. The average Bonchev–Trinajstić information content (AvgIpc) is 2.98. The third kappa shape index (κ3) is 6.00.